The highest BCUT2D eigenvalue weighted by atomic mass is 28.4. The third kappa shape index (κ3) is 4.32. The minimum atomic E-state index is -1.75. The molecule has 2 atom stereocenters. The van der Waals surface area contributed by atoms with Crippen molar-refractivity contribution in [3.63, 3.8) is 0 Å². The molecule has 0 spiro atoms. The highest BCUT2D eigenvalue weighted by molar-refractivity contribution is 6.84. The van der Waals surface area contributed by atoms with E-state index in [0.717, 1.165) is 12.3 Å². The summed E-state index contributed by atoms with van der Waals surface area (Å²) in [6, 6.07) is 10.8. The summed E-state index contributed by atoms with van der Waals surface area (Å²) in [6.45, 7) is 8.50. The van der Waals surface area contributed by atoms with E-state index in [2.05, 4.69) is 50.0 Å². The first-order chi connectivity index (χ1) is 9.62. The Morgan fingerprint density at radius 3 is 2.70 bits per heavy atom. The zero-order valence-corrected chi connectivity index (χ0v) is 14.0. The van der Waals surface area contributed by atoms with Crippen LogP contribution in [-0.2, 0) is 4.43 Å². The summed E-state index contributed by atoms with van der Waals surface area (Å²) in [5.74, 6) is 0.840. The standard InChI is InChI=1S/C18H28OSi/c1-4-5-10-16-11-9-12-17(15-16)19-20(2,3)18-13-7-6-8-14-18/h4,6-8,13-14,16-17H,1,5,9-12,15H2,2-3H3. The van der Waals surface area contributed by atoms with Gasteiger partial charge in [0.25, 0.3) is 0 Å². The number of rotatable bonds is 6. The topological polar surface area (TPSA) is 9.23 Å². The van der Waals surface area contributed by atoms with E-state index < -0.39 is 8.32 Å². The van der Waals surface area contributed by atoms with E-state index >= 15 is 0 Å². The molecule has 0 aliphatic heterocycles. The third-order valence-corrected chi connectivity index (χ3v) is 7.09. The van der Waals surface area contributed by atoms with Crippen LogP contribution in [0, 0.1) is 5.92 Å². The lowest BCUT2D eigenvalue weighted by molar-refractivity contribution is 0.116. The largest absolute Gasteiger partial charge is 0.410 e. The quantitative estimate of drug-likeness (QED) is 0.547. The molecule has 0 N–H and O–H groups in total. The zero-order chi connectivity index (χ0) is 14.4. The molecular weight excluding hydrogens is 260 g/mol. The van der Waals surface area contributed by atoms with Crippen LogP contribution in [0.15, 0.2) is 43.0 Å². The Bertz CT molecular complexity index is 413. The minimum Gasteiger partial charge on any atom is -0.410 e. The van der Waals surface area contributed by atoms with Gasteiger partial charge < -0.3 is 4.43 Å². The zero-order valence-electron chi connectivity index (χ0n) is 13.0. The molecule has 1 saturated carbocycles. The number of hydrogen-bond acceptors (Lipinski definition) is 1. The first-order valence-corrected chi connectivity index (χ1v) is 10.9. The molecule has 1 aromatic carbocycles. The van der Waals surface area contributed by atoms with Gasteiger partial charge >= 0.3 is 0 Å². The Morgan fingerprint density at radius 1 is 1.25 bits per heavy atom. The molecule has 1 aliphatic rings. The Hall–Kier alpha value is -0.863. The van der Waals surface area contributed by atoms with Gasteiger partial charge in [0.2, 0.25) is 8.32 Å². The van der Waals surface area contributed by atoms with Crippen molar-refractivity contribution in [3.05, 3.63) is 43.0 Å². The maximum Gasteiger partial charge on any atom is 0.218 e. The van der Waals surface area contributed by atoms with Gasteiger partial charge in [0.05, 0.1) is 0 Å². The highest BCUT2D eigenvalue weighted by Crippen LogP contribution is 2.31. The smallest absolute Gasteiger partial charge is 0.218 e. The van der Waals surface area contributed by atoms with Crippen LogP contribution in [-0.4, -0.2) is 14.4 Å². The van der Waals surface area contributed by atoms with Crippen LogP contribution in [0.3, 0.4) is 0 Å². The van der Waals surface area contributed by atoms with Crippen molar-refractivity contribution in [2.24, 2.45) is 5.92 Å². The SMILES string of the molecule is C=CCCC1CCCC(O[Si](C)(C)c2ccccc2)C1. The van der Waals surface area contributed by atoms with Gasteiger partial charge in [-0.25, -0.2) is 0 Å². The Kier molecular flexibility index (Phi) is 5.61. The molecule has 1 nitrogen and oxygen atoms in total. The van der Waals surface area contributed by atoms with Gasteiger partial charge in [-0.2, -0.15) is 0 Å². The average molecular weight is 289 g/mol. The molecule has 0 radical (unpaired) electrons. The van der Waals surface area contributed by atoms with E-state index in [1.54, 1.807) is 0 Å². The van der Waals surface area contributed by atoms with Crippen LogP contribution < -0.4 is 5.19 Å². The molecule has 1 aliphatic carbocycles. The first kappa shape index (κ1) is 15.5. The van der Waals surface area contributed by atoms with E-state index in [-0.39, 0.29) is 0 Å². The first-order valence-electron chi connectivity index (χ1n) is 7.96. The third-order valence-electron chi connectivity index (χ3n) is 4.44. The minimum absolute atomic E-state index is 0.473. The van der Waals surface area contributed by atoms with Crippen molar-refractivity contribution >= 4 is 13.5 Å². The lowest BCUT2D eigenvalue weighted by Crippen LogP contribution is -2.48. The van der Waals surface area contributed by atoms with Crippen LogP contribution in [0.1, 0.15) is 38.5 Å². The lowest BCUT2D eigenvalue weighted by atomic mass is 9.84. The summed E-state index contributed by atoms with van der Waals surface area (Å²) in [5, 5.41) is 1.41. The van der Waals surface area contributed by atoms with E-state index in [0.29, 0.717) is 6.10 Å². The van der Waals surface area contributed by atoms with Crippen molar-refractivity contribution in [2.45, 2.75) is 57.7 Å². The molecule has 2 rings (SSSR count). The van der Waals surface area contributed by atoms with Gasteiger partial charge in [-0.15, -0.1) is 6.58 Å². The summed E-state index contributed by atoms with van der Waals surface area (Å²) in [6.07, 6.45) is 10.2. The van der Waals surface area contributed by atoms with E-state index in [1.807, 2.05) is 6.08 Å². The molecule has 0 amide bonds. The van der Waals surface area contributed by atoms with Gasteiger partial charge in [0.15, 0.2) is 0 Å². The van der Waals surface area contributed by atoms with Gasteiger partial charge in [0, 0.05) is 6.10 Å². The predicted molar refractivity (Wildman–Crippen MR) is 89.8 cm³/mol. The van der Waals surface area contributed by atoms with Crippen molar-refractivity contribution in [1.29, 1.82) is 0 Å². The molecule has 2 heteroatoms. The van der Waals surface area contributed by atoms with E-state index in [1.165, 1.54) is 37.3 Å². The molecular formula is C18H28OSi. The molecule has 110 valence electrons. The molecule has 1 aromatic rings. The van der Waals surface area contributed by atoms with E-state index in [9.17, 15) is 0 Å². The summed E-state index contributed by atoms with van der Waals surface area (Å²) >= 11 is 0. The van der Waals surface area contributed by atoms with Crippen LogP contribution >= 0.6 is 0 Å². The maximum atomic E-state index is 6.59. The van der Waals surface area contributed by atoms with Gasteiger partial charge in [-0.3, -0.25) is 0 Å². The molecule has 1 fully saturated rings. The fraction of sp³-hybridized carbons (Fsp3) is 0.556. The molecule has 0 aromatic heterocycles. The fourth-order valence-corrected chi connectivity index (χ4v) is 5.47. The summed E-state index contributed by atoms with van der Waals surface area (Å²) in [4.78, 5) is 0. The van der Waals surface area contributed by atoms with Crippen LogP contribution in [0.25, 0.3) is 0 Å². The molecule has 20 heavy (non-hydrogen) atoms. The number of allylic oxidation sites excluding steroid dienone is 1. The summed E-state index contributed by atoms with van der Waals surface area (Å²) in [7, 11) is -1.75. The van der Waals surface area contributed by atoms with Crippen LogP contribution in [0.5, 0.6) is 0 Å². The van der Waals surface area contributed by atoms with Crippen molar-refractivity contribution in [1.82, 2.24) is 0 Å². The van der Waals surface area contributed by atoms with Crippen LogP contribution in [0.4, 0.5) is 0 Å². The van der Waals surface area contributed by atoms with Crippen LogP contribution in [0.2, 0.25) is 13.1 Å². The van der Waals surface area contributed by atoms with Gasteiger partial charge in [0.1, 0.15) is 0 Å². The van der Waals surface area contributed by atoms with Crippen molar-refractivity contribution in [3.8, 4) is 0 Å². The highest BCUT2D eigenvalue weighted by Gasteiger charge is 2.31. The van der Waals surface area contributed by atoms with Gasteiger partial charge in [-0.05, 0) is 49.9 Å². The number of hydrogen-bond donors (Lipinski definition) is 0. The average Bonchev–Trinajstić information content (AvgIpc) is 2.46. The van der Waals surface area contributed by atoms with Crippen molar-refractivity contribution in [2.75, 3.05) is 0 Å². The normalized spacial score (nSPS) is 23.5. The second kappa shape index (κ2) is 7.23. The second-order valence-corrected chi connectivity index (χ2v) is 10.3. The fourth-order valence-electron chi connectivity index (χ4n) is 3.29. The number of benzene rings is 1. The molecule has 0 saturated heterocycles. The van der Waals surface area contributed by atoms with E-state index in [4.69, 9.17) is 4.43 Å². The Labute approximate surface area is 125 Å². The van der Waals surface area contributed by atoms with Crippen molar-refractivity contribution < 1.29 is 4.43 Å². The Balaban J connectivity index is 1.93. The predicted octanol–water partition coefficient (Wildman–Crippen LogP) is 4.64. The lowest BCUT2D eigenvalue weighted by Gasteiger charge is -2.35. The Morgan fingerprint density at radius 2 is 2.00 bits per heavy atom. The summed E-state index contributed by atoms with van der Waals surface area (Å²) in [5.41, 5.74) is 0. The van der Waals surface area contributed by atoms with Gasteiger partial charge in [-0.1, -0.05) is 49.2 Å². The summed E-state index contributed by atoms with van der Waals surface area (Å²) < 4.78 is 6.59. The molecule has 0 bridgehead atoms. The monoisotopic (exact) mass is 288 g/mol. The second-order valence-electron chi connectivity index (χ2n) is 6.51. The molecule has 0 heterocycles. The molecule has 2 unspecified atom stereocenters. The maximum absolute atomic E-state index is 6.59.